The van der Waals surface area contributed by atoms with Crippen molar-refractivity contribution in [1.82, 2.24) is 24.7 Å². The molecule has 2 aromatic heterocycles. The normalized spacial score (nSPS) is 14.2. The Balaban J connectivity index is 1.41. The SMILES string of the molecule is Cc1nn2c(C)c(C(=O)N3CCN(c4ccccc4)CC3)nnc2c1-c1ccc(Br)cc1. The third-order valence-electron chi connectivity index (χ3n) is 5.96. The lowest BCUT2D eigenvalue weighted by Crippen LogP contribution is -2.49. The molecular weight excluding hydrogens is 468 g/mol. The fourth-order valence-corrected chi connectivity index (χ4v) is 4.48. The monoisotopic (exact) mass is 490 g/mol. The molecule has 1 saturated heterocycles. The van der Waals surface area contributed by atoms with Crippen LogP contribution in [0.1, 0.15) is 21.9 Å². The van der Waals surface area contributed by atoms with Crippen LogP contribution in [0.2, 0.25) is 0 Å². The highest BCUT2D eigenvalue weighted by molar-refractivity contribution is 9.10. The summed E-state index contributed by atoms with van der Waals surface area (Å²) >= 11 is 3.47. The molecule has 8 heteroatoms. The molecule has 0 aliphatic carbocycles. The van der Waals surface area contributed by atoms with Gasteiger partial charge in [-0.15, -0.1) is 10.2 Å². The van der Waals surface area contributed by atoms with E-state index in [2.05, 4.69) is 48.3 Å². The first-order chi connectivity index (χ1) is 15.5. The molecule has 3 heterocycles. The molecule has 0 saturated carbocycles. The topological polar surface area (TPSA) is 66.6 Å². The molecule has 162 valence electrons. The van der Waals surface area contributed by atoms with Crippen LogP contribution in [0.5, 0.6) is 0 Å². The molecular formula is C24H23BrN6O. The Morgan fingerprint density at radius 1 is 0.906 bits per heavy atom. The number of para-hydroxylation sites is 1. The van der Waals surface area contributed by atoms with Gasteiger partial charge in [0.05, 0.1) is 17.0 Å². The number of carbonyl (C=O) groups excluding carboxylic acids is 1. The van der Waals surface area contributed by atoms with Gasteiger partial charge in [0.15, 0.2) is 11.3 Å². The summed E-state index contributed by atoms with van der Waals surface area (Å²) in [6.45, 7) is 6.71. The second-order valence-corrected chi connectivity index (χ2v) is 8.87. The number of hydrogen-bond donors (Lipinski definition) is 0. The zero-order valence-electron chi connectivity index (χ0n) is 18.0. The van der Waals surface area contributed by atoms with E-state index in [9.17, 15) is 4.79 Å². The van der Waals surface area contributed by atoms with Gasteiger partial charge in [0.2, 0.25) is 0 Å². The molecule has 0 N–H and O–H groups in total. The van der Waals surface area contributed by atoms with Crippen LogP contribution >= 0.6 is 15.9 Å². The first kappa shape index (κ1) is 20.6. The molecule has 1 aliphatic rings. The first-order valence-corrected chi connectivity index (χ1v) is 11.4. The Morgan fingerprint density at radius 3 is 2.28 bits per heavy atom. The molecule has 5 rings (SSSR count). The van der Waals surface area contributed by atoms with E-state index in [1.165, 1.54) is 5.69 Å². The average Bonchev–Trinajstić information content (AvgIpc) is 3.17. The predicted molar refractivity (Wildman–Crippen MR) is 128 cm³/mol. The molecule has 0 atom stereocenters. The Hall–Kier alpha value is -3.26. The van der Waals surface area contributed by atoms with Crippen molar-refractivity contribution in [3.05, 3.63) is 76.2 Å². The van der Waals surface area contributed by atoms with Crippen LogP contribution in [-0.4, -0.2) is 56.8 Å². The number of nitrogens with zero attached hydrogens (tertiary/aromatic N) is 6. The quantitative estimate of drug-likeness (QED) is 0.431. The van der Waals surface area contributed by atoms with Crippen LogP contribution in [0.3, 0.4) is 0 Å². The Kier molecular flexibility index (Phi) is 5.38. The number of benzene rings is 2. The maximum absolute atomic E-state index is 13.3. The third kappa shape index (κ3) is 3.64. The van der Waals surface area contributed by atoms with Crippen LogP contribution in [0.15, 0.2) is 59.1 Å². The van der Waals surface area contributed by atoms with Crippen molar-refractivity contribution in [3.8, 4) is 11.1 Å². The maximum Gasteiger partial charge on any atom is 0.276 e. The van der Waals surface area contributed by atoms with Crippen LogP contribution in [0.25, 0.3) is 16.8 Å². The largest absolute Gasteiger partial charge is 0.368 e. The summed E-state index contributed by atoms with van der Waals surface area (Å²) in [4.78, 5) is 17.4. The Bertz CT molecular complexity index is 1280. The summed E-state index contributed by atoms with van der Waals surface area (Å²) in [6, 6.07) is 18.3. The number of amides is 1. The third-order valence-corrected chi connectivity index (χ3v) is 6.49. The number of rotatable bonds is 3. The maximum atomic E-state index is 13.3. The van der Waals surface area contributed by atoms with Crippen molar-refractivity contribution in [1.29, 1.82) is 0 Å². The molecule has 4 aromatic rings. The fourth-order valence-electron chi connectivity index (χ4n) is 4.22. The van der Waals surface area contributed by atoms with E-state index in [-0.39, 0.29) is 5.91 Å². The van der Waals surface area contributed by atoms with Gasteiger partial charge in [-0.05, 0) is 43.7 Å². The Morgan fingerprint density at radius 2 is 1.59 bits per heavy atom. The lowest BCUT2D eigenvalue weighted by atomic mass is 10.1. The fraction of sp³-hybridized carbons (Fsp3) is 0.250. The van der Waals surface area contributed by atoms with Gasteiger partial charge in [-0.3, -0.25) is 4.79 Å². The van der Waals surface area contributed by atoms with Crippen LogP contribution in [-0.2, 0) is 0 Å². The number of halogens is 1. The summed E-state index contributed by atoms with van der Waals surface area (Å²) in [7, 11) is 0. The molecule has 1 amide bonds. The summed E-state index contributed by atoms with van der Waals surface area (Å²) < 4.78 is 2.76. The number of carbonyl (C=O) groups is 1. The number of fused-ring (bicyclic) bond motifs is 1. The zero-order valence-corrected chi connectivity index (χ0v) is 19.6. The van der Waals surface area contributed by atoms with Gasteiger partial charge in [0.25, 0.3) is 5.91 Å². The van der Waals surface area contributed by atoms with Crippen molar-refractivity contribution in [3.63, 3.8) is 0 Å². The van der Waals surface area contributed by atoms with Gasteiger partial charge in [0.1, 0.15) is 0 Å². The molecule has 0 bridgehead atoms. The number of aryl methyl sites for hydroxylation is 2. The van der Waals surface area contributed by atoms with Crippen molar-refractivity contribution in [2.24, 2.45) is 0 Å². The van der Waals surface area contributed by atoms with Crippen molar-refractivity contribution in [2.45, 2.75) is 13.8 Å². The van der Waals surface area contributed by atoms with Gasteiger partial charge in [-0.25, -0.2) is 4.52 Å². The van der Waals surface area contributed by atoms with E-state index in [1.54, 1.807) is 4.52 Å². The van der Waals surface area contributed by atoms with Gasteiger partial charge in [-0.2, -0.15) is 5.10 Å². The number of hydrogen-bond acceptors (Lipinski definition) is 5. The van der Waals surface area contributed by atoms with Gasteiger partial charge < -0.3 is 9.80 Å². The number of anilines is 1. The predicted octanol–water partition coefficient (Wildman–Crippen LogP) is 4.13. The van der Waals surface area contributed by atoms with E-state index in [0.29, 0.717) is 30.1 Å². The highest BCUT2D eigenvalue weighted by atomic mass is 79.9. The summed E-state index contributed by atoms with van der Waals surface area (Å²) in [5.74, 6) is -0.0945. The minimum atomic E-state index is -0.0945. The standard InChI is InChI=1S/C24H23BrN6O/c1-16-21(18-8-10-19(25)11-9-18)23-27-26-22(17(2)31(23)28-16)24(32)30-14-12-29(13-15-30)20-6-4-3-5-7-20/h3-11H,12-15H2,1-2H3. The molecule has 1 fully saturated rings. The minimum absolute atomic E-state index is 0.0945. The van der Waals surface area contributed by atoms with Crippen molar-refractivity contribution < 1.29 is 4.79 Å². The van der Waals surface area contributed by atoms with Gasteiger partial charge >= 0.3 is 0 Å². The van der Waals surface area contributed by atoms with Gasteiger partial charge in [0, 0.05) is 36.3 Å². The molecule has 7 nitrogen and oxygen atoms in total. The van der Waals surface area contributed by atoms with E-state index in [1.807, 2.05) is 61.2 Å². The van der Waals surface area contributed by atoms with E-state index < -0.39 is 0 Å². The summed E-state index contributed by atoms with van der Waals surface area (Å²) in [6.07, 6.45) is 0. The van der Waals surface area contributed by atoms with Crippen LogP contribution in [0, 0.1) is 13.8 Å². The average molecular weight is 491 g/mol. The van der Waals surface area contributed by atoms with Crippen LogP contribution < -0.4 is 4.90 Å². The van der Waals surface area contributed by atoms with Crippen LogP contribution in [0.4, 0.5) is 5.69 Å². The minimum Gasteiger partial charge on any atom is -0.368 e. The Labute approximate surface area is 194 Å². The van der Waals surface area contributed by atoms with E-state index in [4.69, 9.17) is 0 Å². The lowest BCUT2D eigenvalue weighted by molar-refractivity contribution is 0.0738. The molecule has 0 unspecified atom stereocenters. The smallest absolute Gasteiger partial charge is 0.276 e. The van der Waals surface area contributed by atoms with E-state index >= 15 is 0 Å². The highest BCUT2D eigenvalue weighted by Crippen LogP contribution is 2.29. The van der Waals surface area contributed by atoms with Crippen molar-refractivity contribution >= 4 is 33.2 Å². The molecule has 32 heavy (non-hydrogen) atoms. The number of aromatic nitrogens is 4. The second-order valence-electron chi connectivity index (χ2n) is 7.95. The first-order valence-electron chi connectivity index (χ1n) is 10.6. The summed E-state index contributed by atoms with van der Waals surface area (Å²) in [5.41, 5.74) is 5.71. The molecule has 0 spiro atoms. The highest BCUT2D eigenvalue weighted by Gasteiger charge is 2.27. The number of piperazine rings is 1. The van der Waals surface area contributed by atoms with Gasteiger partial charge in [-0.1, -0.05) is 46.3 Å². The lowest BCUT2D eigenvalue weighted by Gasteiger charge is -2.36. The zero-order chi connectivity index (χ0) is 22.2. The molecule has 0 radical (unpaired) electrons. The van der Waals surface area contributed by atoms with E-state index in [0.717, 1.165) is 34.4 Å². The van der Waals surface area contributed by atoms with Crippen molar-refractivity contribution in [2.75, 3.05) is 31.1 Å². The molecule has 1 aliphatic heterocycles. The summed E-state index contributed by atoms with van der Waals surface area (Å²) in [5, 5.41) is 13.4. The molecule has 2 aromatic carbocycles. The second kappa shape index (κ2) is 8.35.